The Hall–Kier alpha value is -2.77. The third-order valence-corrected chi connectivity index (χ3v) is 5.38. The van der Waals surface area contributed by atoms with Crippen molar-refractivity contribution in [3.63, 3.8) is 0 Å². The van der Waals surface area contributed by atoms with E-state index in [-0.39, 0.29) is 5.91 Å². The number of benzene rings is 2. The summed E-state index contributed by atoms with van der Waals surface area (Å²) in [6.07, 6.45) is 3.48. The first-order valence-corrected chi connectivity index (χ1v) is 10.2. The molecular weight excluding hydrogens is 406 g/mol. The standard InChI is InChI=1S/C22H21NO4S2/c1-3-10-23-21(24)20(29-22(23)28)14-16-6-4-8-18(13-16)26-11-12-27-19-9-5-7-17(15-19)25-2/h3-9,13-15H,1,10-12H2,2H3/b20-14+. The number of thioether (sulfide) groups is 1. The molecule has 0 N–H and O–H groups in total. The van der Waals surface area contributed by atoms with Crippen LogP contribution in [0.25, 0.3) is 6.08 Å². The zero-order chi connectivity index (χ0) is 20.6. The van der Waals surface area contributed by atoms with E-state index in [1.807, 2.05) is 54.6 Å². The SMILES string of the molecule is C=CCN1C(=O)/C(=C\c2cccc(OCCOc3cccc(OC)c3)c2)SC1=S. The molecule has 0 spiro atoms. The van der Waals surface area contributed by atoms with E-state index in [1.54, 1.807) is 13.2 Å². The fourth-order valence-corrected chi connectivity index (χ4v) is 3.92. The van der Waals surface area contributed by atoms with Crippen molar-refractivity contribution in [3.05, 3.63) is 71.7 Å². The lowest BCUT2D eigenvalue weighted by Gasteiger charge is -2.10. The predicted octanol–water partition coefficient (Wildman–Crippen LogP) is 4.54. The summed E-state index contributed by atoms with van der Waals surface area (Å²) in [6.45, 7) is 4.87. The second-order valence-electron chi connectivity index (χ2n) is 6.03. The molecule has 1 aliphatic heterocycles. The number of hydrogen-bond acceptors (Lipinski definition) is 6. The molecular formula is C22H21NO4S2. The first-order chi connectivity index (χ1) is 14.1. The van der Waals surface area contributed by atoms with E-state index in [9.17, 15) is 4.79 Å². The van der Waals surface area contributed by atoms with Crippen molar-refractivity contribution in [2.75, 3.05) is 26.9 Å². The third kappa shape index (κ3) is 5.62. The number of methoxy groups -OCH3 is 1. The monoisotopic (exact) mass is 427 g/mol. The van der Waals surface area contributed by atoms with E-state index < -0.39 is 0 Å². The van der Waals surface area contributed by atoms with Gasteiger partial charge in [0.2, 0.25) is 0 Å². The Labute approximate surface area is 179 Å². The van der Waals surface area contributed by atoms with Crippen LogP contribution in [-0.4, -0.2) is 42.0 Å². The Bertz CT molecular complexity index is 942. The van der Waals surface area contributed by atoms with Crippen molar-refractivity contribution in [3.8, 4) is 17.2 Å². The summed E-state index contributed by atoms with van der Waals surface area (Å²) in [6, 6.07) is 15.0. The van der Waals surface area contributed by atoms with Crippen LogP contribution in [0.4, 0.5) is 0 Å². The second kappa shape index (κ2) is 10.1. The van der Waals surface area contributed by atoms with Crippen molar-refractivity contribution >= 4 is 40.3 Å². The first kappa shape index (κ1) is 21.0. The molecule has 29 heavy (non-hydrogen) atoms. The van der Waals surface area contributed by atoms with Crippen LogP contribution >= 0.6 is 24.0 Å². The van der Waals surface area contributed by atoms with Gasteiger partial charge in [0.15, 0.2) is 0 Å². The van der Waals surface area contributed by atoms with E-state index >= 15 is 0 Å². The quantitative estimate of drug-likeness (QED) is 0.253. The Kier molecular flexibility index (Phi) is 7.32. The molecule has 5 nitrogen and oxygen atoms in total. The molecule has 2 aromatic rings. The number of rotatable bonds is 9. The minimum Gasteiger partial charge on any atom is -0.497 e. The number of carbonyl (C=O) groups is 1. The summed E-state index contributed by atoms with van der Waals surface area (Å²) in [5.74, 6) is 2.07. The Morgan fingerprint density at radius 2 is 1.72 bits per heavy atom. The summed E-state index contributed by atoms with van der Waals surface area (Å²) in [5.41, 5.74) is 0.871. The highest BCUT2D eigenvalue weighted by Gasteiger charge is 2.30. The number of carbonyl (C=O) groups excluding carboxylic acids is 1. The smallest absolute Gasteiger partial charge is 0.266 e. The second-order valence-corrected chi connectivity index (χ2v) is 7.71. The number of ether oxygens (including phenoxy) is 3. The number of nitrogens with zero attached hydrogens (tertiary/aromatic N) is 1. The fraction of sp³-hybridized carbons (Fsp3) is 0.182. The minimum absolute atomic E-state index is 0.0992. The molecule has 0 aliphatic carbocycles. The summed E-state index contributed by atoms with van der Waals surface area (Å²) in [7, 11) is 1.62. The van der Waals surface area contributed by atoms with E-state index in [2.05, 4.69) is 6.58 Å². The van der Waals surface area contributed by atoms with Crippen LogP contribution in [0.1, 0.15) is 5.56 Å². The highest BCUT2D eigenvalue weighted by Crippen LogP contribution is 2.32. The average molecular weight is 428 g/mol. The van der Waals surface area contributed by atoms with Gasteiger partial charge in [0.05, 0.1) is 12.0 Å². The molecule has 0 bridgehead atoms. The zero-order valence-electron chi connectivity index (χ0n) is 16.0. The van der Waals surface area contributed by atoms with E-state index in [4.69, 9.17) is 26.4 Å². The Morgan fingerprint density at radius 1 is 1.07 bits per heavy atom. The highest BCUT2D eigenvalue weighted by molar-refractivity contribution is 8.26. The van der Waals surface area contributed by atoms with Crippen LogP contribution in [0.3, 0.4) is 0 Å². The van der Waals surface area contributed by atoms with Crippen LogP contribution in [-0.2, 0) is 4.79 Å². The van der Waals surface area contributed by atoms with Crippen molar-refractivity contribution in [1.29, 1.82) is 0 Å². The molecule has 2 aromatic carbocycles. The number of amides is 1. The molecule has 0 saturated carbocycles. The summed E-state index contributed by atoms with van der Waals surface area (Å²) < 4.78 is 17.2. The van der Waals surface area contributed by atoms with E-state index in [0.29, 0.717) is 34.7 Å². The molecule has 1 amide bonds. The third-order valence-electron chi connectivity index (χ3n) is 4.00. The van der Waals surface area contributed by atoms with Gasteiger partial charge in [-0.1, -0.05) is 48.3 Å². The van der Waals surface area contributed by atoms with Gasteiger partial charge in [-0.3, -0.25) is 9.69 Å². The normalized spacial score (nSPS) is 14.9. The summed E-state index contributed by atoms with van der Waals surface area (Å²) in [5, 5.41) is 0. The van der Waals surface area contributed by atoms with Crippen molar-refractivity contribution < 1.29 is 19.0 Å². The van der Waals surface area contributed by atoms with Crippen molar-refractivity contribution in [1.82, 2.24) is 4.90 Å². The average Bonchev–Trinajstić information content (AvgIpc) is 2.99. The van der Waals surface area contributed by atoms with Gasteiger partial charge in [-0.2, -0.15) is 0 Å². The van der Waals surface area contributed by atoms with Crippen LogP contribution in [0.15, 0.2) is 66.1 Å². The van der Waals surface area contributed by atoms with Gasteiger partial charge < -0.3 is 14.2 Å². The molecule has 3 rings (SSSR count). The Balaban J connectivity index is 1.56. The molecule has 1 aliphatic rings. The van der Waals surface area contributed by atoms with E-state index in [0.717, 1.165) is 17.1 Å². The van der Waals surface area contributed by atoms with Crippen LogP contribution < -0.4 is 14.2 Å². The topological polar surface area (TPSA) is 48.0 Å². The van der Waals surface area contributed by atoms with Crippen LogP contribution in [0.5, 0.6) is 17.2 Å². The van der Waals surface area contributed by atoms with Gasteiger partial charge in [-0.05, 0) is 35.9 Å². The molecule has 0 aromatic heterocycles. The van der Waals surface area contributed by atoms with Crippen LogP contribution in [0.2, 0.25) is 0 Å². The molecule has 0 radical (unpaired) electrons. The van der Waals surface area contributed by atoms with Gasteiger partial charge in [0.1, 0.15) is 34.8 Å². The maximum atomic E-state index is 12.4. The lowest BCUT2D eigenvalue weighted by Crippen LogP contribution is -2.27. The highest BCUT2D eigenvalue weighted by atomic mass is 32.2. The van der Waals surface area contributed by atoms with Gasteiger partial charge >= 0.3 is 0 Å². The van der Waals surface area contributed by atoms with Gasteiger partial charge in [-0.15, -0.1) is 6.58 Å². The Morgan fingerprint density at radius 3 is 2.41 bits per heavy atom. The lowest BCUT2D eigenvalue weighted by molar-refractivity contribution is -0.121. The summed E-state index contributed by atoms with van der Waals surface area (Å²) in [4.78, 5) is 14.6. The fourth-order valence-electron chi connectivity index (χ4n) is 2.64. The number of hydrogen-bond donors (Lipinski definition) is 0. The molecule has 150 valence electrons. The van der Waals surface area contributed by atoms with Gasteiger partial charge in [0.25, 0.3) is 5.91 Å². The molecule has 1 saturated heterocycles. The van der Waals surface area contributed by atoms with Crippen molar-refractivity contribution in [2.24, 2.45) is 0 Å². The summed E-state index contributed by atoms with van der Waals surface area (Å²) >= 11 is 6.56. The number of thiocarbonyl (C=S) groups is 1. The predicted molar refractivity (Wildman–Crippen MR) is 121 cm³/mol. The van der Waals surface area contributed by atoms with Gasteiger partial charge in [0, 0.05) is 12.6 Å². The molecule has 1 heterocycles. The van der Waals surface area contributed by atoms with Crippen molar-refractivity contribution in [2.45, 2.75) is 0 Å². The lowest BCUT2D eigenvalue weighted by atomic mass is 10.2. The maximum absolute atomic E-state index is 12.4. The van der Waals surface area contributed by atoms with Crippen LogP contribution in [0, 0.1) is 0 Å². The minimum atomic E-state index is -0.0992. The van der Waals surface area contributed by atoms with E-state index in [1.165, 1.54) is 16.7 Å². The molecule has 1 fully saturated rings. The zero-order valence-corrected chi connectivity index (χ0v) is 17.6. The first-order valence-electron chi connectivity index (χ1n) is 8.96. The van der Waals surface area contributed by atoms with Gasteiger partial charge in [-0.25, -0.2) is 0 Å². The maximum Gasteiger partial charge on any atom is 0.266 e. The molecule has 0 atom stereocenters. The molecule has 0 unspecified atom stereocenters. The molecule has 7 heteroatoms. The largest absolute Gasteiger partial charge is 0.497 e.